The van der Waals surface area contributed by atoms with E-state index in [0.29, 0.717) is 11.2 Å². The molecule has 19 heavy (non-hydrogen) atoms. The van der Waals surface area contributed by atoms with E-state index in [1.54, 1.807) is 11.8 Å². The van der Waals surface area contributed by atoms with Crippen molar-refractivity contribution in [3.05, 3.63) is 35.4 Å². The van der Waals surface area contributed by atoms with Gasteiger partial charge in [0.2, 0.25) is 0 Å². The topological polar surface area (TPSA) is 38.4 Å². The monoisotopic (exact) mass is 278 g/mol. The summed E-state index contributed by atoms with van der Waals surface area (Å²) in [6.45, 7) is 10.9. The molecule has 0 spiro atoms. The molecule has 106 valence electrons. The van der Waals surface area contributed by atoms with Crippen LogP contribution in [-0.2, 0) is 11.2 Å². The van der Waals surface area contributed by atoms with E-state index >= 15 is 0 Å². The van der Waals surface area contributed by atoms with E-state index < -0.39 is 0 Å². The fourth-order valence-corrected chi connectivity index (χ4v) is 2.37. The van der Waals surface area contributed by atoms with Crippen LogP contribution in [0.3, 0.4) is 0 Å². The second kappa shape index (κ2) is 6.99. The first-order valence-corrected chi connectivity index (χ1v) is 7.87. The first-order chi connectivity index (χ1) is 8.82. The van der Waals surface area contributed by atoms with E-state index in [9.17, 15) is 0 Å². The number of nitrogens with two attached hydrogens (primary N) is 1. The third-order valence-electron chi connectivity index (χ3n) is 3.15. The van der Waals surface area contributed by atoms with Gasteiger partial charge in [0.15, 0.2) is 5.17 Å². The van der Waals surface area contributed by atoms with Crippen molar-refractivity contribution in [1.29, 1.82) is 0 Å². The third kappa shape index (κ3) is 5.68. The molecule has 1 rings (SSSR count). The summed E-state index contributed by atoms with van der Waals surface area (Å²) in [6.07, 6.45) is 1.03. The lowest BCUT2D eigenvalue weighted by atomic mass is 9.87. The fourth-order valence-electron chi connectivity index (χ4n) is 1.60. The van der Waals surface area contributed by atoms with Gasteiger partial charge in [-0.15, -0.1) is 0 Å². The largest absolute Gasteiger partial charge is 0.379 e. The quantitative estimate of drug-likeness (QED) is 0.657. The highest BCUT2D eigenvalue weighted by Crippen LogP contribution is 2.23. The van der Waals surface area contributed by atoms with Crippen molar-refractivity contribution in [3.8, 4) is 0 Å². The minimum Gasteiger partial charge on any atom is -0.379 e. The Morgan fingerprint density at radius 2 is 1.84 bits per heavy atom. The third-order valence-corrected chi connectivity index (χ3v) is 4.02. The van der Waals surface area contributed by atoms with E-state index in [1.807, 2.05) is 0 Å². The van der Waals surface area contributed by atoms with E-state index in [1.165, 1.54) is 11.1 Å². The molecule has 2 nitrogen and oxygen atoms in total. The van der Waals surface area contributed by atoms with Crippen molar-refractivity contribution in [2.75, 3.05) is 0 Å². The van der Waals surface area contributed by atoms with Gasteiger partial charge in [0.1, 0.15) is 0 Å². The lowest BCUT2D eigenvalue weighted by molar-refractivity contribution is 0.590. The zero-order valence-electron chi connectivity index (χ0n) is 12.7. The van der Waals surface area contributed by atoms with E-state index in [0.717, 1.165) is 12.2 Å². The molecule has 0 radical (unpaired) electrons. The summed E-state index contributed by atoms with van der Waals surface area (Å²) in [4.78, 5) is 4.42. The Kier molecular flexibility index (Phi) is 5.92. The molecule has 0 bridgehead atoms. The average Bonchev–Trinajstić information content (AvgIpc) is 2.35. The summed E-state index contributed by atoms with van der Waals surface area (Å²) in [5.41, 5.74) is 8.78. The molecule has 0 heterocycles. The van der Waals surface area contributed by atoms with E-state index in [2.05, 4.69) is 63.9 Å². The molecule has 0 aliphatic heterocycles. The van der Waals surface area contributed by atoms with Crippen LogP contribution in [0, 0.1) is 0 Å². The van der Waals surface area contributed by atoms with Crippen molar-refractivity contribution in [2.24, 2.45) is 10.7 Å². The average molecular weight is 278 g/mol. The zero-order valence-corrected chi connectivity index (χ0v) is 13.6. The van der Waals surface area contributed by atoms with Crippen LogP contribution in [0.15, 0.2) is 29.3 Å². The molecule has 1 atom stereocenters. The van der Waals surface area contributed by atoms with Crippen LogP contribution < -0.4 is 5.73 Å². The van der Waals surface area contributed by atoms with Gasteiger partial charge in [-0.3, -0.25) is 4.99 Å². The van der Waals surface area contributed by atoms with Gasteiger partial charge in [0.25, 0.3) is 0 Å². The predicted octanol–water partition coefficient (Wildman–Crippen LogP) is 4.33. The van der Waals surface area contributed by atoms with Crippen LogP contribution >= 0.6 is 11.8 Å². The molecule has 3 heteroatoms. The number of rotatable bonds is 4. The van der Waals surface area contributed by atoms with Crippen molar-refractivity contribution >= 4 is 16.9 Å². The van der Waals surface area contributed by atoms with Crippen LogP contribution in [0.5, 0.6) is 0 Å². The Bertz CT molecular complexity index is 415. The van der Waals surface area contributed by atoms with Crippen LogP contribution in [-0.4, -0.2) is 11.2 Å². The molecule has 2 N–H and O–H groups in total. The number of thioether (sulfide) groups is 1. The Labute approximate surface area is 121 Å². The van der Waals surface area contributed by atoms with Gasteiger partial charge >= 0.3 is 0 Å². The first-order valence-electron chi connectivity index (χ1n) is 6.88. The molecule has 0 unspecified atom stereocenters. The van der Waals surface area contributed by atoms with Crippen molar-refractivity contribution in [3.63, 3.8) is 0 Å². The van der Waals surface area contributed by atoms with Gasteiger partial charge in [-0.05, 0) is 29.9 Å². The molecule has 1 aromatic carbocycles. The molecule has 0 aliphatic rings. The zero-order chi connectivity index (χ0) is 14.5. The molecule has 0 aliphatic carbocycles. The molecule has 0 aromatic heterocycles. The second-order valence-electron chi connectivity index (χ2n) is 5.96. The Hall–Kier alpha value is -0.960. The van der Waals surface area contributed by atoms with Gasteiger partial charge in [-0.25, -0.2) is 0 Å². The number of amidine groups is 1. The van der Waals surface area contributed by atoms with Gasteiger partial charge in [0, 0.05) is 11.8 Å². The standard InChI is InChI=1S/C16H26N2S/c1-6-12(2)18-15(17)19-11-13-7-9-14(10-8-13)16(3,4)5/h7-10,12H,6,11H2,1-5H3,(H2,17,18)/t12-/m1/s1. The maximum Gasteiger partial charge on any atom is 0.154 e. The number of aliphatic imine (C=N–C) groups is 1. The lowest BCUT2D eigenvalue weighted by Crippen LogP contribution is -2.12. The predicted molar refractivity (Wildman–Crippen MR) is 87.8 cm³/mol. The summed E-state index contributed by atoms with van der Waals surface area (Å²) in [5, 5.41) is 0.689. The maximum atomic E-state index is 5.91. The fraction of sp³-hybridized carbons (Fsp3) is 0.562. The van der Waals surface area contributed by atoms with Crippen molar-refractivity contribution in [1.82, 2.24) is 0 Å². The molecule has 0 fully saturated rings. The Morgan fingerprint density at radius 1 is 1.26 bits per heavy atom. The number of hydrogen-bond donors (Lipinski definition) is 1. The summed E-state index contributed by atoms with van der Waals surface area (Å²) in [5.74, 6) is 0.885. The molecular weight excluding hydrogens is 252 g/mol. The molecule has 0 saturated heterocycles. The van der Waals surface area contributed by atoms with Gasteiger partial charge < -0.3 is 5.73 Å². The van der Waals surface area contributed by atoms with Crippen LogP contribution in [0.25, 0.3) is 0 Å². The molecule has 0 saturated carbocycles. The normalized spacial score (nSPS) is 14.5. The highest BCUT2D eigenvalue weighted by Gasteiger charge is 2.12. The highest BCUT2D eigenvalue weighted by atomic mass is 32.2. The molecule has 0 amide bonds. The highest BCUT2D eigenvalue weighted by molar-refractivity contribution is 8.13. The molecule has 1 aromatic rings. The summed E-state index contributed by atoms with van der Waals surface area (Å²) in [6, 6.07) is 9.10. The minimum atomic E-state index is 0.211. The Morgan fingerprint density at radius 3 is 2.32 bits per heavy atom. The van der Waals surface area contributed by atoms with E-state index in [4.69, 9.17) is 5.73 Å². The Balaban J connectivity index is 2.57. The minimum absolute atomic E-state index is 0.211. The van der Waals surface area contributed by atoms with Crippen LogP contribution in [0.4, 0.5) is 0 Å². The van der Waals surface area contributed by atoms with Crippen LogP contribution in [0.1, 0.15) is 52.2 Å². The van der Waals surface area contributed by atoms with E-state index in [-0.39, 0.29) is 5.41 Å². The summed E-state index contributed by atoms with van der Waals surface area (Å²) >= 11 is 1.61. The maximum absolute atomic E-state index is 5.91. The first kappa shape index (κ1) is 16.1. The number of hydrogen-bond acceptors (Lipinski definition) is 2. The number of benzene rings is 1. The smallest absolute Gasteiger partial charge is 0.154 e. The summed E-state index contributed by atoms with van der Waals surface area (Å²) < 4.78 is 0. The second-order valence-corrected chi connectivity index (χ2v) is 6.96. The summed E-state index contributed by atoms with van der Waals surface area (Å²) in [7, 11) is 0. The van der Waals surface area contributed by atoms with Crippen molar-refractivity contribution in [2.45, 2.75) is 58.2 Å². The van der Waals surface area contributed by atoms with Gasteiger partial charge in [-0.2, -0.15) is 0 Å². The number of nitrogens with zero attached hydrogens (tertiary/aromatic N) is 1. The lowest BCUT2D eigenvalue weighted by Gasteiger charge is -2.19. The van der Waals surface area contributed by atoms with Gasteiger partial charge in [-0.1, -0.05) is 63.7 Å². The SMILES string of the molecule is CC[C@@H](C)N=C(N)SCc1ccc(C(C)(C)C)cc1. The molecular formula is C16H26N2S. The van der Waals surface area contributed by atoms with Crippen molar-refractivity contribution < 1.29 is 0 Å². The van der Waals surface area contributed by atoms with Crippen LogP contribution in [0.2, 0.25) is 0 Å². The van der Waals surface area contributed by atoms with Gasteiger partial charge in [0.05, 0.1) is 0 Å².